The molecule has 0 saturated carbocycles. The summed E-state index contributed by atoms with van der Waals surface area (Å²) in [5.74, 6) is -0.729. The number of nitrogens with one attached hydrogen (secondary N) is 1. The molecular weight excluding hydrogens is 319 g/mol. The second-order valence-electron chi connectivity index (χ2n) is 5.84. The minimum absolute atomic E-state index is 0.0643. The molecule has 23 heavy (non-hydrogen) atoms. The van der Waals surface area contributed by atoms with Gasteiger partial charge in [0.15, 0.2) is 0 Å². The molecule has 1 fully saturated rings. The third-order valence-corrected chi connectivity index (χ3v) is 5.52. The van der Waals surface area contributed by atoms with Gasteiger partial charge in [-0.25, -0.2) is 17.5 Å². The van der Waals surface area contributed by atoms with Crippen LogP contribution >= 0.6 is 0 Å². The van der Waals surface area contributed by atoms with Gasteiger partial charge in [0.1, 0.15) is 5.82 Å². The molecule has 7 heteroatoms. The van der Waals surface area contributed by atoms with E-state index in [2.05, 4.69) is 4.72 Å². The molecule has 2 rings (SSSR count). The first-order chi connectivity index (χ1) is 10.9. The summed E-state index contributed by atoms with van der Waals surface area (Å²) in [6.07, 6.45) is 2.56. The van der Waals surface area contributed by atoms with Gasteiger partial charge in [0.05, 0.1) is 11.3 Å². The second-order valence-corrected chi connectivity index (χ2v) is 7.71. The van der Waals surface area contributed by atoms with Crippen LogP contribution < -0.4 is 4.72 Å². The van der Waals surface area contributed by atoms with Gasteiger partial charge in [-0.05, 0) is 31.4 Å². The van der Waals surface area contributed by atoms with Gasteiger partial charge in [0.2, 0.25) is 10.0 Å². The van der Waals surface area contributed by atoms with Crippen molar-refractivity contribution in [1.82, 2.24) is 9.62 Å². The lowest BCUT2D eigenvalue weighted by Gasteiger charge is -2.32. The number of hydrogen-bond acceptors (Lipinski definition) is 3. The Morgan fingerprint density at radius 3 is 2.57 bits per heavy atom. The highest BCUT2D eigenvalue weighted by Crippen LogP contribution is 2.16. The van der Waals surface area contributed by atoms with Crippen molar-refractivity contribution in [3.63, 3.8) is 0 Å². The number of halogens is 1. The van der Waals surface area contributed by atoms with Gasteiger partial charge in [0, 0.05) is 19.1 Å². The normalized spacial score (nSPS) is 16.5. The number of carbonyl (C=O) groups is 1. The number of benzene rings is 1. The van der Waals surface area contributed by atoms with E-state index >= 15 is 0 Å². The van der Waals surface area contributed by atoms with E-state index in [9.17, 15) is 17.6 Å². The Balaban J connectivity index is 1.89. The molecule has 1 amide bonds. The summed E-state index contributed by atoms with van der Waals surface area (Å²) in [4.78, 5) is 13.9. The van der Waals surface area contributed by atoms with E-state index in [1.165, 1.54) is 12.1 Å². The fourth-order valence-corrected chi connectivity index (χ4v) is 4.18. The van der Waals surface area contributed by atoms with Gasteiger partial charge >= 0.3 is 0 Å². The Labute approximate surface area is 136 Å². The number of piperidine rings is 1. The van der Waals surface area contributed by atoms with Gasteiger partial charge in [0.25, 0.3) is 5.91 Å². The zero-order valence-corrected chi connectivity index (χ0v) is 14.1. The van der Waals surface area contributed by atoms with Crippen LogP contribution in [-0.4, -0.2) is 44.1 Å². The molecule has 1 heterocycles. The third kappa shape index (κ3) is 5.00. The summed E-state index contributed by atoms with van der Waals surface area (Å²) >= 11 is 0. The molecular formula is C16H23FN2O3S. The predicted octanol–water partition coefficient (Wildman–Crippen LogP) is 2.15. The zero-order chi connectivity index (χ0) is 16.9. The fraction of sp³-hybridized carbons (Fsp3) is 0.562. The summed E-state index contributed by atoms with van der Waals surface area (Å²) < 4.78 is 40.2. The van der Waals surface area contributed by atoms with Gasteiger partial charge in [-0.2, -0.15) is 0 Å². The number of carbonyl (C=O) groups excluding carboxylic acids is 1. The number of rotatable bonds is 6. The smallest absolute Gasteiger partial charge is 0.256 e. The van der Waals surface area contributed by atoms with Crippen LogP contribution in [0.5, 0.6) is 0 Å². The molecule has 0 aliphatic carbocycles. The highest BCUT2D eigenvalue weighted by Gasteiger charge is 2.27. The number of unbranched alkanes of at least 4 members (excludes halogenated alkanes) is 1. The van der Waals surface area contributed by atoms with E-state index in [1.807, 2.05) is 6.92 Å². The van der Waals surface area contributed by atoms with Gasteiger partial charge in [-0.1, -0.05) is 25.5 Å². The minimum atomic E-state index is -3.25. The number of likely N-dealkylation sites (tertiary alicyclic amines) is 1. The Morgan fingerprint density at radius 1 is 1.30 bits per heavy atom. The molecule has 1 aromatic rings. The molecule has 1 saturated heterocycles. The van der Waals surface area contributed by atoms with Crippen molar-refractivity contribution < 1.29 is 17.6 Å². The van der Waals surface area contributed by atoms with Crippen LogP contribution in [0.25, 0.3) is 0 Å². The van der Waals surface area contributed by atoms with Crippen LogP contribution in [0.3, 0.4) is 0 Å². The Hall–Kier alpha value is -1.47. The Bertz CT molecular complexity index is 640. The SMILES string of the molecule is CCCCS(=O)(=O)NC1CCN(C(=O)c2ccccc2F)CC1. The van der Waals surface area contributed by atoms with Crippen molar-refractivity contribution in [3.05, 3.63) is 35.6 Å². The summed E-state index contributed by atoms with van der Waals surface area (Å²) in [5, 5.41) is 0. The molecule has 128 valence electrons. The number of amides is 1. The highest BCUT2D eigenvalue weighted by molar-refractivity contribution is 7.89. The van der Waals surface area contributed by atoms with Gasteiger partial charge < -0.3 is 4.90 Å². The van der Waals surface area contributed by atoms with E-state index in [0.29, 0.717) is 32.4 Å². The molecule has 0 aromatic heterocycles. The predicted molar refractivity (Wildman–Crippen MR) is 87.2 cm³/mol. The van der Waals surface area contributed by atoms with Crippen molar-refractivity contribution in [3.8, 4) is 0 Å². The lowest BCUT2D eigenvalue weighted by atomic mass is 10.0. The van der Waals surface area contributed by atoms with Crippen molar-refractivity contribution >= 4 is 15.9 Å². The maximum absolute atomic E-state index is 13.7. The van der Waals surface area contributed by atoms with Crippen molar-refractivity contribution in [2.45, 2.75) is 38.6 Å². The molecule has 1 N–H and O–H groups in total. The number of nitrogens with zero attached hydrogens (tertiary/aromatic N) is 1. The maximum Gasteiger partial charge on any atom is 0.256 e. The van der Waals surface area contributed by atoms with Crippen LogP contribution in [0.4, 0.5) is 4.39 Å². The van der Waals surface area contributed by atoms with Crippen molar-refractivity contribution in [1.29, 1.82) is 0 Å². The molecule has 5 nitrogen and oxygen atoms in total. The summed E-state index contributed by atoms with van der Waals surface area (Å²) in [7, 11) is -3.25. The summed E-state index contributed by atoms with van der Waals surface area (Å²) in [5.41, 5.74) is 0.0643. The van der Waals surface area contributed by atoms with Crippen molar-refractivity contribution in [2.24, 2.45) is 0 Å². The molecule has 0 radical (unpaired) electrons. The monoisotopic (exact) mass is 342 g/mol. The van der Waals surface area contributed by atoms with Crippen LogP contribution in [0, 0.1) is 5.82 Å². The second kappa shape index (κ2) is 7.88. The quantitative estimate of drug-likeness (QED) is 0.861. The van der Waals surface area contributed by atoms with Crippen LogP contribution in [0.2, 0.25) is 0 Å². The molecule has 0 atom stereocenters. The lowest BCUT2D eigenvalue weighted by molar-refractivity contribution is 0.0706. The van der Waals surface area contributed by atoms with Gasteiger partial charge in [-0.15, -0.1) is 0 Å². The molecule has 1 aliphatic heterocycles. The topological polar surface area (TPSA) is 66.5 Å². The molecule has 0 unspecified atom stereocenters. The lowest BCUT2D eigenvalue weighted by Crippen LogP contribution is -2.47. The van der Waals surface area contributed by atoms with E-state index in [0.717, 1.165) is 6.42 Å². The first-order valence-electron chi connectivity index (χ1n) is 7.96. The summed E-state index contributed by atoms with van der Waals surface area (Å²) in [6, 6.07) is 5.76. The standard InChI is InChI=1S/C16H23FN2O3S/c1-2-3-12-23(21,22)18-13-8-10-19(11-9-13)16(20)14-6-4-5-7-15(14)17/h4-7,13,18H,2-3,8-12H2,1H3. The van der Waals surface area contributed by atoms with E-state index in [4.69, 9.17) is 0 Å². The van der Waals surface area contributed by atoms with E-state index in [1.54, 1.807) is 17.0 Å². The van der Waals surface area contributed by atoms with Crippen molar-refractivity contribution in [2.75, 3.05) is 18.8 Å². The summed E-state index contributed by atoms with van der Waals surface area (Å²) in [6.45, 7) is 2.80. The fourth-order valence-electron chi connectivity index (χ4n) is 2.65. The van der Waals surface area contributed by atoms with Crippen LogP contribution in [-0.2, 0) is 10.0 Å². The largest absolute Gasteiger partial charge is 0.338 e. The number of hydrogen-bond donors (Lipinski definition) is 1. The Morgan fingerprint density at radius 2 is 1.96 bits per heavy atom. The van der Waals surface area contributed by atoms with E-state index in [-0.39, 0.29) is 23.3 Å². The Kier molecular flexibility index (Phi) is 6.12. The average molecular weight is 342 g/mol. The first kappa shape index (κ1) is 17.9. The van der Waals surface area contributed by atoms with E-state index < -0.39 is 15.8 Å². The molecule has 0 spiro atoms. The van der Waals surface area contributed by atoms with Crippen LogP contribution in [0.1, 0.15) is 43.0 Å². The third-order valence-electron chi connectivity index (χ3n) is 4.00. The van der Waals surface area contributed by atoms with Gasteiger partial charge in [-0.3, -0.25) is 4.79 Å². The molecule has 1 aromatic carbocycles. The molecule has 1 aliphatic rings. The molecule has 0 bridgehead atoms. The highest BCUT2D eigenvalue weighted by atomic mass is 32.2. The number of sulfonamides is 1. The first-order valence-corrected chi connectivity index (χ1v) is 9.62. The van der Waals surface area contributed by atoms with Crippen LogP contribution in [0.15, 0.2) is 24.3 Å². The zero-order valence-electron chi connectivity index (χ0n) is 13.3. The average Bonchev–Trinajstić information content (AvgIpc) is 2.53. The maximum atomic E-state index is 13.7. The minimum Gasteiger partial charge on any atom is -0.338 e.